The third kappa shape index (κ3) is 6.92. The van der Waals surface area contributed by atoms with Crippen molar-refractivity contribution in [2.24, 2.45) is 0 Å². The van der Waals surface area contributed by atoms with Gasteiger partial charge < -0.3 is 14.0 Å². The van der Waals surface area contributed by atoms with E-state index in [4.69, 9.17) is 8.92 Å². The van der Waals surface area contributed by atoms with Crippen molar-refractivity contribution in [2.75, 3.05) is 11.9 Å². The van der Waals surface area contributed by atoms with Crippen molar-refractivity contribution >= 4 is 43.2 Å². The number of alkyl halides is 1. The van der Waals surface area contributed by atoms with Crippen LogP contribution < -0.4 is 4.18 Å². The Bertz CT molecular complexity index is 1770. The number of nitrogens with zero attached hydrogens (tertiary/aromatic N) is 4. The maximum Gasteiger partial charge on any atom is 0.385 e. The topological polar surface area (TPSA) is 124 Å². The van der Waals surface area contributed by atoms with Gasteiger partial charge in [-0.1, -0.05) is 51.8 Å². The van der Waals surface area contributed by atoms with Gasteiger partial charge in [0.05, 0.1) is 18.5 Å². The first-order valence-corrected chi connectivity index (χ1v) is 17.2. The lowest BCUT2D eigenvalue weighted by atomic mass is 9.84. The van der Waals surface area contributed by atoms with Crippen LogP contribution in [-0.4, -0.2) is 50.7 Å². The summed E-state index contributed by atoms with van der Waals surface area (Å²) in [5, 5.41) is 19.8. The molecule has 1 N–H and O–H groups in total. The number of phenolic OH excluding ortho intramolecular Hbond substituents is 1. The van der Waals surface area contributed by atoms with Gasteiger partial charge in [-0.05, 0) is 85.7 Å². The first kappa shape index (κ1) is 31.9. The summed E-state index contributed by atoms with van der Waals surface area (Å²) >= 11 is 3.48. The van der Waals surface area contributed by atoms with Crippen molar-refractivity contribution in [1.29, 1.82) is 0 Å². The second-order valence-corrected chi connectivity index (χ2v) is 13.4. The Labute approximate surface area is 266 Å². The Kier molecular flexibility index (Phi) is 9.91. The number of benzene rings is 3. The molecule has 234 valence electrons. The first-order chi connectivity index (χ1) is 21.1. The van der Waals surface area contributed by atoms with Crippen LogP contribution in [-0.2, 0) is 39.5 Å². The van der Waals surface area contributed by atoms with E-state index in [0.717, 1.165) is 70.0 Å². The fraction of sp³-hybridized carbons (Fsp3) is 0.406. The molecule has 0 saturated carbocycles. The zero-order valence-corrected chi connectivity index (χ0v) is 27.5. The molecule has 0 radical (unpaired) electrons. The van der Waals surface area contributed by atoms with Crippen LogP contribution >= 0.6 is 15.9 Å². The lowest BCUT2D eigenvalue weighted by Crippen LogP contribution is -2.37. The number of aromatic nitrogens is 3. The molecular weight excluding hydrogens is 648 g/mol. The number of aromatic hydroxyl groups is 1. The van der Waals surface area contributed by atoms with Crippen LogP contribution in [0.25, 0.3) is 11.0 Å². The highest BCUT2D eigenvalue weighted by Crippen LogP contribution is 2.36. The standard InChI is InChI=1S/C32H37BrN4O6S/c1-4-42-31(39)18-28(27-11-12-29-32(22(27)3)34-35-37(29)15-7-5-6-14-33)23-9-8-21(2)24(16-23)19-36-20-25-17-26(38)10-13-30(25)43-44(36,40)41/h8-13,16-17,28,38H,4-7,14-15,18-20H2,1-3H3. The van der Waals surface area contributed by atoms with Crippen molar-refractivity contribution in [3.05, 3.63) is 81.9 Å². The predicted octanol–water partition coefficient (Wildman–Crippen LogP) is 6.04. The summed E-state index contributed by atoms with van der Waals surface area (Å²) in [5.41, 5.74) is 6.73. The number of hydrogen-bond donors (Lipinski definition) is 1. The van der Waals surface area contributed by atoms with Gasteiger partial charge in [-0.15, -0.1) is 5.10 Å². The number of phenols is 1. The van der Waals surface area contributed by atoms with E-state index in [-0.39, 0.29) is 49.5 Å². The van der Waals surface area contributed by atoms with E-state index in [0.29, 0.717) is 5.56 Å². The molecule has 0 saturated heterocycles. The smallest absolute Gasteiger partial charge is 0.385 e. The molecule has 1 aliphatic rings. The molecule has 1 unspecified atom stereocenters. The summed E-state index contributed by atoms with van der Waals surface area (Å²) in [5.74, 6) is -0.430. The molecule has 44 heavy (non-hydrogen) atoms. The molecule has 1 aliphatic heterocycles. The van der Waals surface area contributed by atoms with Gasteiger partial charge in [0.15, 0.2) is 0 Å². The van der Waals surface area contributed by atoms with Crippen molar-refractivity contribution in [1.82, 2.24) is 19.3 Å². The SMILES string of the molecule is CCOC(=O)CC(c1ccc(C)c(CN2Cc3cc(O)ccc3OS2(=O)=O)c1)c1ccc2c(nnn2CCCCCBr)c1C. The maximum absolute atomic E-state index is 13.0. The molecule has 3 aromatic carbocycles. The average molecular weight is 686 g/mol. The molecule has 10 nitrogen and oxygen atoms in total. The van der Waals surface area contributed by atoms with E-state index in [1.807, 2.05) is 48.9 Å². The zero-order valence-electron chi connectivity index (χ0n) is 25.1. The van der Waals surface area contributed by atoms with Crippen LogP contribution in [0.3, 0.4) is 0 Å². The summed E-state index contributed by atoms with van der Waals surface area (Å²) < 4.78 is 39.9. The summed E-state index contributed by atoms with van der Waals surface area (Å²) in [6.07, 6.45) is 3.33. The molecule has 0 amide bonds. The number of aryl methyl sites for hydroxylation is 3. The molecule has 4 aromatic rings. The van der Waals surface area contributed by atoms with Crippen molar-refractivity contribution < 1.29 is 27.2 Å². The number of carbonyl (C=O) groups is 1. The average Bonchev–Trinajstić information content (AvgIpc) is 3.40. The summed E-state index contributed by atoms with van der Waals surface area (Å²) in [7, 11) is -4.06. The molecule has 0 fully saturated rings. The van der Waals surface area contributed by atoms with Gasteiger partial charge in [-0.25, -0.2) is 4.68 Å². The molecule has 0 bridgehead atoms. The lowest BCUT2D eigenvalue weighted by Gasteiger charge is -2.28. The number of fused-ring (bicyclic) bond motifs is 2. The van der Waals surface area contributed by atoms with E-state index in [1.54, 1.807) is 6.92 Å². The largest absolute Gasteiger partial charge is 0.508 e. The third-order valence-electron chi connectivity index (χ3n) is 8.06. The van der Waals surface area contributed by atoms with Crippen LogP contribution in [0.5, 0.6) is 11.5 Å². The molecule has 5 rings (SSSR count). The van der Waals surface area contributed by atoms with Crippen molar-refractivity contribution in [3.63, 3.8) is 0 Å². The second kappa shape index (κ2) is 13.7. The second-order valence-electron chi connectivity index (χ2n) is 11.1. The Balaban J connectivity index is 1.48. The monoisotopic (exact) mass is 684 g/mol. The van der Waals surface area contributed by atoms with Crippen LogP contribution in [0.2, 0.25) is 0 Å². The van der Waals surface area contributed by atoms with E-state index in [2.05, 4.69) is 26.2 Å². The Hall–Kier alpha value is -3.48. The number of unbranched alkanes of at least 4 members (excludes halogenated alkanes) is 2. The van der Waals surface area contributed by atoms with Gasteiger partial charge in [0.25, 0.3) is 0 Å². The van der Waals surface area contributed by atoms with Gasteiger partial charge in [-0.3, -0.25) is 4.79 Å². The minimum Gasteiger partial charge on any atom is -0.508 e. The summed E-state index contributed by atoms with van der Waals surface area (Å²) in [6, 6.07) is 14.3. The Morgan fingerprint density at radius 1 is 1.11 bits per heavy atom. The number of hydrogen-bond acceptors (Lipinski definition) is 8. The van der Waals surface area contributed by atoms with E-state index >= 15 is 0 Å². The van der Waals surface area contributed by atoms with Crippen molar-refractivity contribution in [2.45, 2.75) is 72.0 Å². The van der Waals surface area contributed by atoms with Crippen LogP contribution in [0, 0.1) is 13.8 Å². The fourth-order valence-corrected chi connectivity index (χ4v) is 7.15. The molecular formula is C32H37BrN4O6S. The highest BCUT2D eigenvalue weighted by molar-refractivity contribution is 9.09. The third-order valence-corrected chi connectivity index (χ3v) is 9.90. The number of carbonyl (C=O) groups excluding carboxylic acids is 1. The van der Waals surface area contributed by atoms with Crippen LogP contribution in [0.1, 0.15) is 71.9 Å². The minimum atomic E-state index is -4.06. The van der Waals surface area contributed by atoms with Gasteiger partial charge in [0.2, 0.25) is 0 Å². The van der Waals surface area contributed by atoms with E-state index in [1.165, 1.54) is 22.5 Å². The maximum atomic E-state index is 13.0. The summed E-state index contributed by atoms with van der Waals surface area (Å²) in [4.78, 5) is 12.9. The zero-order chi connectivity index (χ0) is 31.4. The van der Waals surface area contributed by atoms with Gasteiger partial charge >= 0.3 is 16.3 Å². The Morgan fingerprint density at radius 2 is 1.93 bits per heavy atom. The number of rotatable bonds is 12. The van der Waals surface area contributed by atoms with E-state index < -0.39 is 10.3 Å². The molecule has 0 aliphatic carbocycles. The molecule has 1 atom stereocenters. The Morgan fingerprint density at radius 3 is 2.70 bits per heavy atom. The lowest BCUT2D eigenvalue weighted by molar-refractivity contribution is -0.143. The molecule has 1 aromatic heterocycles. The summed E-state index contributed by atoms with van der Waals surface area (Å²) in [6.45, 7) is 6.88. The molecule has 12 heteroatoms. The highest BCUT2D eigenvalue weighted by atomic mass is 79.9. The van der Waals surface area contributed by atoms with Gasteiger partial charge in [0.1, 0.15) is 17.0 Å². The van der Waals surface area contributed by atoms with Gasteiger partial charge in [0, 0.05) is 36.4 Å². The number of ether oxygens (including phenoxy) is 1. The normalized spacial score (nSPS) is 15.1. The predicted molar refractivity (Wildman–Crippen MR) is 171 cm³/mol. The molecule has 2 heterocycles. The molecule has 0 spiro atoms. The fourth-order valence-electron chi connectivity index (χ4n) is 5.66. The van der Waals surface area contributed by atoms with Crippen molar-refractivity contribution in [3.8, 4) is 11.5 Å². The highest BCUT2D eigenvalue weighted by Gasteiger charge is 2.32. The van der Waals surface area contributed by atoms with Crippen LogP contribution in [0.15, 0.2) is 48.5 Å². The number of esters is 1. The quantitative estimate of drug-likeness (QED) is 0.109. The number of halogens is 1. The van der Waals surface area contributed by atoms with Crippen LogP contribution in [0.4, 0.5) is 0 Å². The van der Waals surface area contributed by atoms with Gasteiger partial charge in [-0.2, -0.15) is 12.7 Å². The minimum absolute atomic E-state index is 0.0358. The van der Waals surface area contributed by atoms with E-state index in [9.17, 15) is 18.3 Å². The first-order valence-electron chi connectivity index (χ1n) is 14.8.